The fourth-order valence-corrected chi connectivity index (χ4v) is 2.10. The van der Waals surface area contributed by atoms with Gasteiger partial charge in [-0.1, -0.05) is 30.3 Å². The van der Waals surface area contributed by atoms with Gasteiger partial charge in [0.05, 0.1) is 14.2 Å². The molecule has 2 rings (SSSR count). The van der Waals surface area contributed by atoms with Crippen LogP contribution in [0.15, 0.2) is 42.1 Å². The molecule has 1 N–H and O–H groups in total. The molecule has 1 aliphatic heterocycles. The highest BCUT2D eigenvalue weighted by molar-refractivity contribution is 6.16. The Balaban J connectivity index is 2.60. The summed E-state index contributed by atoms with van der Waals surface area (Å²) in [7, 11) is 2.38. The zero-order valence-electron chi connectivity index (χ0n) is 11.0. The Morgan fingerprint density at radius 2 is 1.75 bits per heavy atom. The number of rotatable bonds is 3. The van der Waals surface area contributed by atoms with E-state index in [0.717, 1.165) is 0 Å². The Bertz CT molecular complexity index is 593. The third-order valence-electron chi connectivity index (χ3n) is 3.11. The lowest BCUT2D eigenvalue weighted by molar-refractivity contribution is -0.149. The number of hydrogen-bond acceptors (Lipinski definition) is 5. The number of esters is 2. The molecule has 1 aliphatic rings. The molecule has 104 valence electrons. The van der Waals surface area contributed by atoms with Gasteiger partial charge in [0.25, 0.3) is 5.91 Å². The molecule has 1 unspecified atom stereocenters. The Morgan fingerprint density at radius 3 is 2.30 bits per heavy atom. The van der Waals surface area contributed by atoms with E-state index in [9.17, 15) is 14.4 Å². The molecule has 1 heterocycles. The first-order valence-electron chi connectivity index (χ1n) is 5.83. The Kier molecular flexibility index (Phi) is 3.56. The lowest BCUT2D eigenvalue weighted by atomic mass is 9.80. The predicted molar refractivity (Wildman–Crippen MR) is 68.4 cm³/mol. The molecular weight excluding hydrogens is 262 g/mol. The molecule has 6 heteroatoms. The molecule has 0 saturated carbocycles. The highest BCUT2D eigenvalue weighted by Gasteiger charge is 2.52. The average Bonchev–Trinajstić information content (AvgIpc) is 2.85. The van der Waals surface area contributed by atoms with Crippen LogP contribution in [0.2, 0.25) is 0 Å². The van der Waals surface area contributed by atoms with Crippen LogP contribution < -0.4 is 5.32 Å². The van der Waals surface area contributed by atoms with Crippen LogP contribution >= 0.6 is 0 Å². The van der Waals surface area contributed by atoms with Crippen LogP contribution in [0.3, 0.4) is 0 Å². The van der Waals surface area contributed by atoms with Gasteiger partial charge in [-0.15, -0.1) is 0 Å². The number of carbonyl (C=O) groups excluding carboxylic acids is 3. The van der Waals surface area contributed by atoms with Gasteiger partial charge >= 0.3 is 11.9 Å². The Hall–Kier alpha value is -2.63. The minimum Gasteiger partial charge on any atom is -0.468 e. The lowest BCUT2D eigenvalue weighted by Gasteiger charge is -2.21. The smallest absolute Gasteiger partial charge is 0.354 e. The van der Waals surface area contributed by atoms with Gasteiger partial charge in [0, 0.05) is 0 Å². The topological polar surface area (TPSA) is 81.7 Å². The maximum absolute atomic E-state index is 12.3. The van der Waals surface area contributed by atoms with E-state index >= 15 is 0 Å². The van der Waals surface area contributed by atoms with Gasteiger partial charge in [-0.3, -0.25) is 9.59 Å². The second kappa shape index (κ2) is 5.16. The maximum atomic E-state index is 12.3. The van der Waals surface area contributed by atoms with Crippen molar-refractivity contribution in [2.45, 2.75) is 5.41 Å². The Morgan fingerprint density at radius 1 is 1.10 bits per heavy atom. The first kappa shape index (κ1) is 13.8. The van der Waals surface area contributed by atoms with Crippen LogP contribution in [0.25, 0.3) is 0 Å². The summed E-state index contributed by atoms with van der Waals surface area (Å²) >= 11 is 0. The predicted octanol–water partition coefficient (Wildman–Crippen LogP) is 0.284. The molecule has 0 aromatic heterocycles. The van der Waals surface area contributed by atoms with Crippen LogP contribution in [0.5, 0.6) is 0 Å². The largest absolute Gasteiger partial charge is 0.468 e. The maximum Gasteiger partial charge on any atom is 0.354 e. The number of ether oxygens (including phenoxy) is 2. The van der Waals surface area contributed by atoms with Crippen molar-refractivity contribution in [3.8, 4) is 0 Å². The fraction of sp³-hybridized carbons (Fsp3) is 0.214. The molecule has 1 atom stereocenters. The number of nitrogens with one attached hydrogen (secondary N) is 1. The monoisotopic (exact) mass is 275 g/mol. The molecule has 1 aromatic carbocycles. The van der Waals surface area contributed by atoms with Crippen molar-refractivity contribution in [2.24, 2.45) is 0 Å². The molecule has 0 spiro atoms. The van der Waals surface area contributed by atoms with Crippen molar-refractivity contribution in [3.05, 3.63) is 47.7 Å². The van der Waals surface area contributed by atoms with Gasteiger partial charge in [-0.2, -0.15) is 0 Å². The van der Waals surface area contributed by atoms with Crippen LogP contribution in [0, 0.1) is 0 Å². The van der Waals surface area contributed by atoms with E-state index in [1.165, 1.54) is 20.3 Å². The number of carbonyl (C=O) groups is 3. The van der Waals surface area contributed by atoms with Gasteiger partial charge in [0.1, 0.15) is 5.70 Å². The third-order valence-corrected chi connectivity index (χ3v) is 3.11. The molecular formula is C14H13NO5. The summed E-state index contributed by atoms with van der Waals surface area (Å²) in [5.74, 6) is -2.13. The quantitative estimate of drug-likeness (QED) is 0.633. The normalized spacial score (nSPS) is 20.9. The fourth-order valence-electron chi connectivity index (χ4n) is 2.10. The van der Waals surface area contributed by atoms with Crippen molar-refractivity contribution in [3.63, 3.8) is 0 Å². The van der Waals surface area contributed by atoms with E-state index < -0.39 is 23.3 Å². The summed E-state index contributed by atoms with van der Waals surface area (Å²) in [6.07, 6.45) is 1.24. The van der Waals surface area contributed by atoms with E-state index in [0.29, 0.717) is 5.56 Å². The van der Waals surface area contributed by atoms with Crippen LogP contribution in [0.4, 0.5) is 0 Å². The van der Waals surface area contributed by atoms with E-state index in [2.05, 4.69) is 10.1 Å². The summed E-state index contributed by atoms with van der Waals surface area (Å²) in [4.78, 5) is 35.9. The summed E-state index contributed by atoms with van der Waals surface area (Å²) in [6, 6.07) is 8.38. The number of amides is 1. The molecule has 0 fully saturated rings. The van der Waals surface area contributed by atoms with Gasteiger partial charge in [-0.05, 0) is 11.6 Å². The molecule has 0 bridgehead atoms. The van der Waals surface area contributed by atoms with Crippen molar-refractivity contribution in [2.75, 3.05) is 14.2 Å². The van der Waals surface area contributed by atoms with Crippen molar-refractivity contribution in [1.82, 2.24) is 5.32 Å². The summed E-state index contributed by atoms with van der Waals surface area (Å²) in [6.45, 7) is 0. The van der Waals surface area contributed by atoms with Gasteiger partial charge in [-0.25, -0.2) is 4.79 Å². The molecule has 0 radical (unpaired) electrons. The molecule has 1 aromatic rings. The highest BCUT2D eigenvalue weighted by Crippen LogP contribution is 2.33. The molecule has 1 amide bonds. The van der Waals surface area contributed by atoms with Gasteiger partial charge in [0.15, 0.2) is 5.41 Å². The van der Waals surface area contributed by atoms with Gasteiger partial charge in [0.2, 0.25) is 0 Å². The second-order valence-corrected chi connectivity index (χ2v) is 4.17. The van der Waals surface area contributed by atoms with Crippen LogP contribution in [-0.2, 0) is 29.3 Å². The third kappa shape index (κ3) is 1.95. The zero-order chi connectivity index (χ0) is 14.8. The molecule has 20 heavy (non-hydrogen) atoms. The molecule has 0 saturated heterocycles. The van der Waals surface area contributed by atoms with Crippen molar-refractivity contribution in [1.29, 1.82) is 0 Å². The van der Waals surface area contributed by atoms with E-state index in [4.69, 9.17) is 4.74 Å². The SMILES string of the molecule is COC(=O)C1=CC(C(=O)OC)(c2ccccc2)C(=O)N1. The van der Waals surface area contributed by atoms with Crippen molar-refractivity contribution < 1.29 is 23.9 Å². The minimum absolute atomic E-state index is 0.0771. The Labute approximate surface area is 115 Å². The standard InChI is InChI=1S/C14H13NO5/c1-19-11(16)10-8-14(12(17)15-10,13(18)20-2)9-6-4-3-5-7-9/h3-8H,1-2H3,(H,15,17). The first-order chi connectivity index (χ1) is 9.56. The second-order valence-electron chi connectivity index (χ2n) is 4.17. The highest BCUT2D eigenvalue weighted by atomic mass is 16.5. The zero-order valence-corrected chi connectivity index (χ0v) is 11.0. The van der Waals surface area contributed by atoms with Crippen LogP contribution in [-0.4, -0.2) is 32.1 Å². The molecule has 6 nitrogen and oxygen atoms in total. The van der Waals surface area contributed by atoms with E-state index in [-0.39, 0.29) is 5.70 Å². The molecule has 0 aliphatic carbocycles. The first-order valence-corrected chi connectivity index (χ1v) is 5.83. The van der Waals surface area contributed by atoms with E-state index in [1.54, 1.807) is 30.3 Å². The number of hydrogen-bond donors (Lipinski definition) is 1. The summed E-state index contributed by atoms with van der Waals surface area (Å²) in [5.41, 5.74) is -1.32. The summed E-state index contributed by atoms with van der Waals surface area (Å²) in [5, 5.41) is 2.36. The minimum atomic E-state index is -1.67. The number of benzene rings is 1. The lowest BCUT2D eigenvalue weighted by Crippen LogP contribution is -2.44. The average molecular weight is 275 g/mol. The van der Waals surface area contributed by atoms with Gasteiger partial charge < -0.3 is 14.8 Å². The van der Waals surface area contributed by atoms with Crippen LogP contribution in [0.1, 0.15) is 5.56 Å². The number of methoxy groups -OCH3 is 2. The summed E-state index contributed by atoms with van der Waals surface area (Å²) < 4.78 is 9.28. The van der Waals surface area contributed by atoms with Crippen molar-refractivity contribution >= 4 is 17.8 Å². The van der Waals surface area contributed by atoms with E-state index in [1.807, 2.05) is 0 Å².